The zero-order valence-corrected chi connectivity index (χ0v) is 11.6. The van der Waals surface area contributed by atoms with Crippen LogP contribution in [0.4, 0.5) is 5.69 Å². The Morgan fingerprint density at radius 3 is 2.63 bits per heavy atom. The summed E-state index contributed by atoms with van der Waals surface area (Å²) >= 11 is 1.21. The van der Waals surface area contributed by atoms with Crippen molar-refractivity contribution in [3.63, 3.8) is 0 Å². The summed E-state index contributed by atoms with van der Waals surface area (Å²) in [7, 11) is -3.90. The molecule has 8 heteroatoms. The fourth-order valence-corrected chi connectivity index (χ4v) is 2.90. The molecule has 0 atom stereocenters. The third-order valence-corrected chi connectivity index (χ3v) is 3.83. The van der Waals surface area contributed by atoms with E-state index in [2.05, 4.69) is 9.69 Å². The normalized spacial score (nSPS) is 11.3. The first kappa shape index (κ1) is 13.7. The van der Waals surface area contributed by atoms with Gasteiger partial charge in [-0.1, -0.05) is 0 Å². The number of aromatic nitrogens is 1. The van der Waals surface area contributed by atoms with Gasteiger partial charge in [0.1, 0.15) is 0 Å². The number of benzene rings is 1. The first-order valence-electron chi connectivity index (χ1n) is 5.23. The second-order valence-corrected chi connectivity index (χ2v) is 6.02. The number of nitrogens with two attached hydrogens (primary N) is 1. The molecule has 0 aliphatic rings. The zero-order chi connectivity index (χ0) is 14.0. The number of rotatable bonds is 3. The third kappa shape index (κ3) is 3.16. The van der Waals surface area contributed by atoms with Crippen LogP contribution in [0.1, 0.15) is 6.92 Å². The summed E-state index contributed by atoms with van der Waals surface area (Å²) in [4.78, 5) is 10.9. The van der Waals surface area contributed by atoms with Crippen LogP contribution in [-0.2, 0) is 14.8 Å². The van der Waals surface area contributed by atoms with Crippen molar-refractivity contribution in [3.05, 3.63) is 29.6 Å². The number of primary sulfonamides is 1. The average Bonchev–Trinajstić information content (AvgIpc) is 2.80. The van der Waals surface area contributed by atoms with Gasteiger partial charge in [0.2, 0.25) is 15.9 Å². The van der Waals surface area contributed by atoms with E-state index in [9.17, 15) is 13.2 Å². The lowest BCUT2D eigenvalue weighted by Crippen LogP contribution is -2.14. The van der Waals surface area contributed by atoms with Crippen LogP contribution in [0.25, 0.3) is 11.3 Å². The Kier molecular flexibility index (Phi) is 3.65. The first-order valence-corrected chi connectivity index (χ1v) is 7.61. The lowest BCUT2D eigenvalue weighted by molar-refractivity contribution is -0.114. The molecule has 1 aromatic carbocycles. The van der Waals surface area contributed by atoms with Crippen molar-refractivity contribution in [2.75, 3.05) is 5.32 Å². The van der Waals surface area contributed by atoms with Crippen LogP contribution in [0.15, 0.2) is 34.5 Å². The summed E-state index contributed by atoms with van der Waals surface area (Å²) < 4.78 is 27.3. The molecular weight excluding hydrogens is 286 g/mol. The summed E-state index contributed by atoms with van der Waals surface area (Å²) in [6.45, 7) is 1.34. The third-order valence-electron chi connectivity index (χ3n) is 2.32. The summed E-state index contributed by atoms with van der Waals surface area (Å²) in [5, 5.41) is 9.45. The minimum Gasteiger partial charge on any atom is -0.326 e. The number of amides is 1. The SMILES string of the molecule is CC(=O)Nc1ccc(-c2ccsn2)c(S(N)(=O)=O)c1. The number of nitrogens with zero attached hydrogens (tertiary/aromatic N) is 1. The number of anilines is 1. The van der Waals surface area contributed by atoms with Crippen LogP contribution in [-0.4, -0.2) is 18.7 Å². The van der Waals surface area contributed by atoms with Crippen molar-refractivity contribution in [1.29, 1.82) is 0 Å². The Hall–Kier alpha value is -1.77. The van der Waals surface area contributed by atoms with E-state index in [1.807, 2.05) is 0 Å². The second kappa shape index (κ2) is 5.08. The van der Waals surface area contributed by atoms with Crippen molar-refractivity contribution in [3.8, 4) is 11.3 Å². The van der Waals surface area contributed by atoms with E-state index in [0.29, 0.717) is 16.9 Å². The molecule has 0 aliphatic carbocycles. The molecule has 3 N–H and O–H groups in total. The maximum atomic E-state index is 11.6. The molecule has 0 saturated heterocycles. The summed E-state index contributed by atoms with van der Waals surface area (Å²) in [5.74, 6) is -0.290. The molecule has 0 bridgehead atoms. The van der Waals surface area contributed by atoms with Crippen LogP contribution >= 0.6 is 11.5 Å². The van der Waals surface area contributed by atoms with E-state index >= 15 is 0 Å². The van der Waals surface area contributed by atoms with Gasteiger partial charge in [-0.05, 0) is 35.8 Å². The lowest BCUT2D eigenvalue weighted by Gasteiger charge is -2.09. The maximum Gasteiger partial charge on any atom is 0.238 e. The molecule has 1 heterocycles. The highest BCUT2D eigenvalue weighted by atomic mass is 32.2. The second-order valence-electron chi connectivity index (χ2n) is 3.82. The van der Waals surface area contributed by atoms with E-state index in [4.69, 9.17) is 5.14 Å². The molecule has 0 radical (unpaired) electrons. The monoisotopic (exact) mass is 297 g/mol. The predicted octanol–water partition coefficient (Wildman–Crippen LogP) is 1.42. The van der Waals surface area contributed by atoms with E-state index in [1.165, 1.54) is 24.5 Å². The highest BCUT2D eigenvalue weighted by molar-refractivity contribution is 7.89. The Labute approximate surface area is 114 Å². The standard InChI is InChI=1S/C11H11N3O3S2/c1-7(15)13-8-2-3-9(10-4-5-18-14-10)11(6-8)19(12,16)17/h2-6H,1H3,(H,13,15)(H2,12,16,17). The molecule has 6 nitrogen and oxygen atoms in total. The minimum atomic E-state index is -3.90. The zero-order valence-electron chi connectivity index (χ0n) is 9.95. The Morgan fingerprint density at radius 1 is 1.37 bits per heavy atom. The van der Waals surface area contributed by atoms with Crippen LogP contribution in [0.2, 0.25) is 0 Å². The number of carbonyl (C=O) groups excluding carboxylic acids is 1. The van der Waals surface area contributed by atoms with Gasteiger partial charge in [-0.15, -0.1) is 0 Å². The fraction of sp³-hybridized carbons (Fsp3) is 0.0909. The van der Waals surface area contributed by atoms with Gasteiger partial charge in [0.05, 0.1) is 10.6 Å². The van der Waals surface area contributed by atoms with Gasteiger partial charge in [-0.25, -0.2) is 13.6 Å². The van der Waals surface area contributed by atoms with Gasteiger partial charge in [-0.2, -0.15) is 4.37 Å². The molecule has 0 fully saturated rings. The quantitative estimate of drug-likeness (QED) is 0.894. The fourth-order valence-electron chi connectivity index (χ4n) is 1.60. The van der Waals surface area contributed by atoms with Gasteiger partial charge >= 0.3 is 0 Å². The maximum absolute atomic E-state index is 11.6. The van der Waals surface area contributed by atoms with E-state index in [1.54, 1.807) is 23.6 Å². The van der Waals surface area contributed by atoms with E-state index < -0.39 is 10.0 Å². The van der Waals surface area contributed by atoms with Crippen LogP contribution in [0, 0.1) is 0 Å². The number of hydrogen-bond donors (Lipinski definition) is 2. The molecule has 0 unspecified atom stereocenters. The highest BCUT2D eigenvalue weighted by Gasteiger charge is 2.17. The molecule has 0 aliphatic heterocycles. The smallest absolute Gasteiger partial charge is 0.238 e. The molecule has 1 aromatic heterocycles. The van der Waals surface area contributed by atoms with Crippen molar-refractivity contribution in [1.82, 2.24) is 4.37 Å². The first-order chi connectivity index (χ1) is 8.88. The number of hydrogen-bond acceptors (Lipinski definition) is 5. The minimum absolute atomic E-state index is 0.0651. The van der Waals surface area contributed by atoms with Crippen molar-refractivity contribution in [2.24, 2.45) is 5.14 Å². The van der Waals surface area contributed by atoms with Crippen molar-refractivity contribution >= 4 is 33.2 Å². The van der Waals surface area contributed by atoms with Gasteiger partial charge in [-0.3, -0.25) is 4.79 Å². The van der Waals surface area contributed by atoms with E-state index in [-0.39, 0.29) is 10.8 Å². The molecule has 1 amide bonds. The van der Waals surface area contributed by atoms with Gasteiger partial charge in [0, 0.05) is 23.6 Å². The molecule has 19 heavy (non-hydrogen) atoms. The molecule has 2 rings (SSSR count). The van der Waals surface area contributed by atoms with Gasteiger partial charge in [0.15, 0.2) is 0 Å². The largest absolute Gasteiger partial charge is 0.326 e. The summed E-state index contributed by atoms with van der Waals surface area (Å²) in [5.41, 5.74) is 1.32. The number of carbonyl (C=O) groups is 1. The van der Waals surface area contributed by atoms with Crippen molar-refractivity contribution in [2.45, 2.75) is 11.8 Å². The van der Waals surface area contributed by atoms with E-state index in [0.717, 1.165) is 0 Å². The van der Waals surface area contributed by atoms with Crippen molar-refractivity contribution < 1.29 is 13.2 Å². The molecule has 0 saturated carbocycles. The molecular formula is C11H11N3O3S2. The molecule has 2 aromatic rings. The number of sulfonamides is 1. The predicted molar refractivity (Wildman–Crippen MR) is 73.2 cm³/mol. The van der Waals surface area contributed by atoms with Gasteiger partial charge < -0.3 is 5.32 Å². The Morgan fingerprint density at radius 2 is 2.11 bits per heavy atom. The summed E-state index contributed by atoms with van der Waals surface area (Å²) in [6.07, 6.45) is 0. The van der Waals surface area contributed by atoms with Crippen LogP contribution in [0.3, 0.4) is 0 Å². The topological polar surface area (TPSA) is 102 Å². The Bertz CT molecular complexity index is 709. The summed E-state index contributed by atoms with van der Waals surface area (Å²) in [6, 6.07) is 6.20. The van der Waals surface area contributed by atoms with Crippen LogP contribution < -0.4 is 10.5 Å². The van der Waals surface area contributed by atoms with Gasteiger partial charge in [0.25, 0.3) is 0 Å². The molecule has 0 spiro atoms. The Balaban J connectivity index is 2.59. The highest BCUT2D eigenvalue weighted by Crippen LogP contribution is 2.28. The van der Waals surface area contributed by atoms with Crippen LogP contribution in [0.5, 0.6) is 0 Å². The molecule has 100 valence electrons. The lowest BCUT2D eigenvalue weighted by atomic mass is 10.1. The average molecular weight is 297 g/mol. The number of nitrogens with one attached hydrogen (secondary N) is 1.